The summed E-state index contributed by atoms with van der Waals surface area (Å²) >= 11 is 0. The van der Waals surface area contributed by atoms with Crippen LogP contribution >= 0.6 is 0 Å². The van der Waals surface area contributed by atoms with Crippen molar-refractivity contribution in [1.29, 1.82) is 0 Å². The molecule has 0 unspecified atom stereocenters. The predicted octanol–water partition coefficient (Wildman–Crippen LogP) is 2.21. The molecule has 1 atom stereocenters. The Labute approximate surface area is 144 Å². The summed E-state index contributed by atoms with van der Waals surface area (Å²) in [6, 6.07) is 12.4. The van der Waals surface area contributed by atoms with Gasteiger partial charge in [0.05, 0.1) is 5.39 Å². The molecule has 3 rings (SSSR count). The van der Waals surface area contributed by atoms with Gasteiger partial charge in [-0.15, -0.1) is 0 Å². The molecule has 0 aliphatic rings. The molecule has 6 nitrogen and oxygen atoms in total. The molecule has 0 aliphatic heterocycles. The first-order valence-corrected chi connectivity index (χ1v) is 8.11. The molecule has 6 heteroatoms. The van der Waals surface area contributed by atoms with E-state index in [2.05, 4.69) is 5.32 Å². The highest BCUT2D eigenvalue weighted by Gasteiger charge is 2.15. The molecule has 0 spiro atoms. The van der Waals surface area contributed by atoms with Crippen molar-refractivity contribution in [3.05, 3.63) is 52.9 Å². The quantitative estimate of drug-likeness (QED) is 0.408. The summed E-state index contributed by atoms with van der Waals surface area (Å²) < 4.78 is 11.0. The van der Waals surface area contributed by atoms with Crippen molar-refractivity contribution in [1.82, 2.24) is 5.32 Å². The first-order chi connectivity index (χ1) is 12.1. The van der Waals surface area contributed by atoms with Crippen LogP contribution in [0.25, 0.3) is 21.7 Å². The van der Waals surface area contributed by atoms with Gasteiger partial charge in [0, 0.05) is 24.6 Å². The van der Waals surface area contributed by atoms with Crippen molar-refractivity contribution in [2.75, 3.05) is 13.2 Å². The molecule has 0 saturated carbocycles. The fourth-order valence-electron chi connectivity index (χ4n) is 2.63. The normalized spacial score (nSPS) is 12.2. The lowest BCUT2D eigenvalue weighted by molar-refractivity contribution is -0.127. The minimum atomic E-state index is -0.705. The van der Waals surface area contributed by atoms with Crippen LogP contribution in [0.3, 0.4) is 0 Å². The van der Waals surface area contributed by atoms with Crippen LogP contribution in [0.1, 0.15) is 13.3 Å². The van der Waals surface area contributed by atoms with Crippen LogP contribution in [-0.2, 0) is 4.79 Å². The smallest absolute Gasteiger partial charge is 0.344 e. The van der Waals surface area contributed by atoms with E-state index in [1.807, 2.05) is 18.2 Å². The summed E-state index contributed by atoms with van der Waals surface area (Å²) in [6.45, 7) is 2.05. The van der Waals surface area contributed by atoms with Crippen molar-refractivity contribution in [2.24, 2.45) is 0 Å². The van der Waals surface area contributed by atoms with Crippen LogP contribution in [0, 0.1) is 0 Å². The Balaban J connectivity index is 1.85. The number of amides is 1. The van der Waals surface area contributed by atoms with Crippen molar-refractivity contribution in [2.45, 2.75) is 19.4 Å². The average molecular weight is 341 g/mol. The molecule has 0 bridgehead atoms. The van der Waals surface area contributed by atoms with Crippen molar-refractivity contribution in [3.8, 4) is 5.75 Å². The summed E-state index contributed by atoms with van der Waals surface area (Å²) in [5.74, 6) is 0.171. The van der Waals surface area contributed by atoms with E-state index in [9.17, 15) is 9.59 Å². The second-order valence-corrected chi connectivity index (χ2v) is 5.72. The van der Waals surface area contributed by atoms with E-state index in [4.69, 9.17) is 14.3 Å². The first-order valence-electron chi connectivity index (χ1n) is 8.11. The number of fused-ring (bicyclic) bond motifs is 3. The Bertz CT molecular complexity index is 963. The summed E-state index contributed by atoms with van der Waals surface area (Å²) in [6.07, 6.45) is -0.213. The van der Waals surface area contributed by atoms with Crippen LogP contribution in [0.4, 0.5) is 0 Å². The highest BCUT2D eigenvalue weighted by atomic mass is 16.5. The lowest BCUT2D eigenvalue weighted by Gasteiger charge is -2.15. The molecule has 1 aromatic heterocycles. The number of nitrogens with one attached hydrogen (secondary N) is 1. The molecular formula is C19H19NO5. The average Bonchev–Trinajstić information content (AvgIpc) is 2.62. The third kappa shape index (κ3) is 3.64. The number of rotatable bonds is 6. The minimum absolute atomic E-state index is 0.0210. The van der Waals surface area contributed by atoms with Gasteiger partial charge in [-0.05, 0) is 36.9 Å². The number of benzene rings is 2. The Morgan fingerprint density at radius 2 is 1.96 bits per heavy atom. The predicted molar refractivity (Wildman–Crippen MR) is 94.8 cm³/mol. The SMILES string of the molecule is C[C@H](Oc1ccc2c(c1)oc(=O)c1ccccc12)C(=O)NCCCO. The van der Waals surface area contributed by atoms with Gasteiger partial charge >= 0.3 is 5.63 Å². The van der Waals surface area contributed by atoms with Gasteiger partial charge in [0.2, 0.25) is 0 Å². The largest absolute Gasteiger partial charge is 0.481 e. The van der Waals surface area contributed by atoms with Gasteiger partial charge in [0.25, 0.3) is 5.91 Å². The van der Waals surface area contributed by atoms with Gasteiger partial charge in [-0.3, -0.25) is 4.79 Å². The zero-order valence-corrected chi connectivity index (χ0v) is 13.8. The van der Waals surface area contributed by atoms with Crippen molar-refractivity contribution < 1.29 is 19.1 Å². The Morgan fingerprint density at radius 3 is 2.72 bits per heavy atom. The van der Waals surface area contributed by atoms with Gasteiger partial charge in [0.1, 0.15) is 11.3 Å². The molecule has 1 amide bonds. The van der Waals surface area contributed by atoms with E-state index >= 15 is 0 Å². The molecule has 0 aliphatic carbocycles. The molecule has 2 aromatic carbocycles. The number of ether oxygens (including phenoxy) is 1. The maximum absolute atomic E-state index is 12.1. The van der Waals surface area contributed by atoms with Gasteiger partial charge in [-0.25, -0.2) is 4.79 Å². The molecule has 0 fully saturated rings. The summed E-state index contributed by atoms with van der Waals surface area (Å²) in [5.41, 5.74) is 0.00383. The number of aliphatic hydroxyl groups excluding tert-OH is 1. The second kappa shape index (κ2) is 7.36. The van der Waals surface area contributed by atoms with Crippen molar-refractivity contribution >= 4 is 27.6 Å². The monoisotopic (exact) mass is 341 g/mol. The van der Waals surface area contributed by atoms with Gasteiger partial charge in [-0.1, -0.05) is 18.2 Å². The molecule has 3 aromatic rings. The molecule has 0 radical (unpaired) electrons. The number of aliphatic hydroxyl groups is 1. The van der Waals surface area contributed by atoms with Crippen LogP contribution in [0.15, 0.2) is 51.7 Å². The second-order valence-electron chi connectivity index (χ2n) is 5.72. The van der Waals surface area contributed by atoms with Crippen LogP contribution in [0.2, 0.25) is 0 Å². The zero-order valence-electron chi connectivity index (χ0n) is 13.8. The van der Waals surface area contributed by atoms with E-state index in [0.717, 1.165) is 10.8 Å². The van der Waals surface area contributed by atoms with Gasteiger partial charge in [-0.2, -0.15) is 0 Å². The fraction of sp³-hybridized carbons (Fsp3) is 0.263. The van der Waals surface area contributed by atoms with Crippen LogP contribution in [0.5, 0.6) is 5.75 Å². The van der Waals surface area contributed by atoms with Gasteiger partial charge in [0.15, 0.2) is 6.10 Å². The summed E-state index contributed by atoms with van der Waals surface area (Å²) in [4.78, 5) is 24.0. The van der Waals surface area contributed by atoms with E-state index in [-0.39, 0.29) is 12.5 Å². The Hall–Kier alpha value is -2.86. The number of carbonyl (C=O) groups is 1. The Kier molecular flexibility index (Phi) is 5.00. The topological polar surface area (TPSA) is 88.8 Å². The standard InChI is InChI=1S/C19H19NO5/c1-12(18(22)20-9-4-10-21)24-13-7-8-15-14-5-2-3-6-16(14)19(23)25-17(15)11-13/h2-3,5-8,11-12,21H,4,9-10H2,1H3,(H,20,22)/t12-/m0/s1. The maximum atomic E-state index is 12.1. The molecule has 0 saturated heterocycles. The third-order valence-electron chi connectivity index (χ3n) is 3.91. The van der Waals surface area contributed by atoms with E-state index in [0.29, 0.717) is 29.7 Å². The lowest BCUT2D eigenvalue weighted by Crippen LogP contribution is -2.37. The molecular weight excluding hydrogens is 322 g/mol. The van der Waals surface area contributed by atoms with E-state index in [1.54, 1.807) is 31.2 Å². The number of carbonyl (C=O) groups excluding carboxylic acids is 1. The van der Waals surface area contributed by atoms with Crippen LogP contribution < -0.4 is 15.7 Å². The van der Waals surface area contributed by atoms with Gasteiger partial charge < -0.3 is 19.6 Å². The number of hydrogen-bond acceptors (Lipinski definition) is 5. The Morgan fingerprint density at radius 1 is 1.20 bits per heavy atom. The third-order valence-corrected chi connectivity index (χ3v) is 3.91. The van der Waals surface area contributed by atoms with Crippen molar-refractivity contribution in [3.63, 3.8) is 0 Å². The number of hydrogen-bond donors (Lipinski definition) is 2. The van der Waals surface area contributed by atoms with E-state index < -0.39 is 11.7 Å². The highest BCUT2D eigenvalue weighted by molar-refractivity contribution is 6.04. The minimum Gasteiger partial charge on any atom is -0.481 e. The summed E-state index contributed by atoms with van der Waals surface area (Å²) in [7, 11) is 0. The highest BCUT2D eigenvalue weighted by Crippen LogP contribution is 2.26. The molecule has 1 heterocycles. The fourth-order valence-corrected chi connectivity index (χ4v) is 2.63. The molecule has 130 valence electrons. The maximum Gasteiger partial charge on any atom is 0.344 e. The molecule has 2 N–H and O–H groups in total. The molecule has 25 heavy (non-hydrogen) atoms. The summed E-state index contributed by atoms with van der Waals surface area (Å²) in [5, 5.41) is 13.6. The lowest BCUT2D eigenvalue weighted by atomic mass is 10.1. The first kappa shape index (κ1) is 17.0. The van der Waals surface area contributed by atoms with E-state index in [1.165, 1.54) is 0 Å². The van der Waals surface area contributed by atoms with Crippen LogP contribution in [-0.4, -0.2) is 30.3 Å². The zero-order chi connectivity index (χ0) is 17.8.